The lowest BCUT2D eigenvalue weighted by molar-refractivity contribution is 0.416. The Bertz CT molecular complexity index is 491. The maximum Gasteiger partial charge on any atom is 0.204 e. The van der Waals surface area contributed by atoms with Crippen LogP contribution in [0.4, 0.5) is 0 Å². The fourth-order valence-corrected chi connectivity index (χ4v) is 2.14. The van der Waals surface area contributed by atoms with E-state index in [2.05, 4.69) is 4.98 Å². The van der Waals surface area contributed by atoms with E-state index in [-0.39, 0.29) is 11.8 Å². The molecule has 6 heteroatoms. The van der Waals surface area contributed by atoms with E-state index >= 15 is 0 Å². The molecule has 2 rings (SSSR count). The second-order valence-electron chi connectivity index (χ2n) is 2.94. The van der Waals surface area contributed by atoms with Crippen molar-refractivity contribution in [2.24, 2.45) is 0 Å². The van der Waals surface area contributed by atoms with Crippen molar-refractivity contribution in [1.29, 1.82) is 0 Å². The first kappa shape index (κ1) is 11.0. The normalized spacial score (nSPS) is 10.2. The maximum absolute atomic E-state index is 9.43. The molecule has 0 radical (unpaired) electrons. The van der Waals surface area contributed by atoms with E-state index in [1.54, 1.807) is 18.3 Å². The van der Waals surface area contributed by atoms with Crippen LogP contribution in [0.2, 0.25) is 0 Å². The lowest BCUT2D eigenvalue weighted by Gasteiger charge is -2.05. The van der Waals surface area contributed by atoms with Gasteiger partial charge in [-0.1, -0.05) is 18.3 Å². The fraction of sp³-hybridized carbons (Fsp3) is 0. The summed E-state index contributed by atoms with van der Waals surface area (Å²) in [4.78, 5) is 4.08. The van der Waals surface area contributed by atoms with Gasteiger partial charge in [0.2, 0.25) is 11.8 Å². The highest BCUT2D eigenvalue weighted by Gasteiger charge is 2.11. The SMILES string of the molecule is Oc1ccc(O)n1SC(=S)c1ccccn1. The Balaban J connectivity index is 2.21. The first-order valence-electron chi connectivity index (χ1n) is 4.42. The molecule has 0 saturated carbocycles. The van der Waals surface area contributed by atoms with Gasteiger partial charge in [0.15, 0.2) is 0 Å². The van der Waals surface area contributed by atoms with Gasteiger partial charge in [-0.05, 0) is 12.1 Å². The maximum atomic E-state index is 9.43. The summed E-state index contributed by atoms with van der Waals surface area (Å²) in [6, 6.07) is 8.17. The van der Waals surface area contributed by atoms with Crippen LogP contribution >= 0.6 is 24.2 Å². The predicted octanol–water partition coefficient (Wildman–Crippen LogP) is 2.17. The molecule has 0 aromatic carbocycles. The van der Waals surface area contributed by atoms with Gasteiger partial charge in [0.25, 0.3) is 0 Å². The van der Waals surface area contributed by atoms with E-state index in [0.717, 1.165) is 11.9 Å². The van der Waals surface area contributed by atoms with Crippen LogP contribution in [0.5, 0.6) is 11.8 Å². The molecule has 0 spiro atoms. The number of nitrogens with zero attached hydrogens (tertiary/aromatic N) is 2. The summed E-state index contributed by atoms with van der Waals surface area (Å²) in [5, 5.41) is 18.9. The molecular formula is C10H8N2O2S2. The van der Waals surface area contributed by atoms with Gasteiger partial charge < -0.3 is 10.2 Å². The van der Waals surface area contributed by atoms with Crippen LogP contribution in [0.3, 0.4) is 0 Å². The third kappa shape index (κ3) is 2.17. The number of pyridine rings is 1. The van der Waals surface area contributed by atoms with Crippen LogP contribution < -0.4 is 0 Å². The molecule has 2 aromatic rings. The van der Waals surface area contributed by atoms with Gasteiger partial charge in [0.1, 0.15) is 4.20 Å². The van der Waals surface area contributed by atoms with Crippen molar-refractivity contribution in [1.82, 2.24) is 8.96 Å². The first-order chi connectivity index (χ1) is 7.68. The fourth-order valence-electron chi connectivity index (χ4n) is 1.11. The summed E-state index contributed by atoms with van der Waals surface area (Å²) in [6.45, 7) is 0. The Morgan fingerprint density at radius 2 is 1.88 bits per heavy atom. The number of thiocarbonyl (C=S) groups is 1. The van der Waals surface area contributed by atoms with E-state index in [4.69, 9.17) is 12.2 Å². The van der Waals surface area contributed by atoms with Gasteiger partial charge in [-0.15, -0.1) is 0 Å². The van der Waals surface area contributed by atoms with Gasteiger partial charge in [0.05, 0.1) is 5.69 Å². The molecule has 16 heavy (non-hydrogen) atoms. The van der Waals surface area contributed by atoms with Gasteiger partial charge in [0, 0.05) is 30.3 Å². The number of hydrogen-bond acceptors (Lipinski definition) is 5. The van der Waals surface area contributed by atoms with Crippen LogP contribution in [-0.4, -0.2) is 23.4 Å². The third-order valence-electron chi connectivity index (χ3n) is 1.85. The molecule has 2 aromatic heterocycles. The largest absolute Gasteiger partial charge is 0.494 e. The molecule has 0 fully saturated rings. The number of rotatable bonds is 2. The topological polar surface area (TPSA) is 58.3 Å². The van der Waals surface area contributed by atoms with E-state index in [9.17, 15) is 10.2 Å². The Morgan fingerprint density at radius 1 is 1.19 bits per heavy atom. The second-order valence-corrected chi connectivity index (χ2v) is 4.56. The zero-order valence-corrected chi connectivity index (χ0v) is 9.70. The van der Waals surface area contributed by atoms with Gasteiger partial charge in [-0.3, -0.25) is 4.98 Å². The minimum Gasteiger partial charge on any atom is -0.494 e. The summed E-state index contributed by atoms with van der Waals surface area (Å²) in [5.41, 5.74) is 0.634. The van der Waals surface area contributed by atoms with Crippen LogP contribution in [0.25, 0.3) is 0 Å². The molecule has 0 amide bonds. The minimum atomic E-state index is -0.0548. The molecule has 0 aliphatic heterocycles. The zero-order valence-electron chi connectivity index (χ0n) is 8.07. The lowest BCUT2D eigenvalue weighted by atomic mass is 10.4. The molecule has 0 unspecified atom stereocenters. The van der Waals surface area contributed by atoms with Crippen LogP contribution in [0.15, 0.2) is 36.5 Å². The molecule has 0 aliphatic carbocycles. The van der Waals surface area contributed by atoms with E-state index in [1.165, 1.54) is 16.1 Å². The van der Waals surface area contributed by atoms with Crippen LogP contribution in [0, 0.1) is 0 Å². The number of aromatic nitrogens is 2. The summed E-state index contributed by atoms with van der Waals surface area (Å²) < 4.78 is 1.71. The summed E-state index contributed by atoms with van der Waals surface area (Å²) in [7, 11) is 0. The van der Waals surface area contributed by atoms with Crippen molar-refractivity contribution >= 4 is 28.4 Å². The molecule has 0 saturated heterocycles. The monoisotopic (exact) mass is 252 g/mol. The molecule has 2 heterocycles. The quantitative estimate of drug-likeness (QED) is 0.802. The summed E-state index contributed by atoms with van der Waals surface area (Å²) >= 11 is 6.19. The van der Waals surface area contributed by atoms with Gasteiger partial charge in [-0.2, -0.15) is 0 Å². The molecule has 0 bridgehead atoms. The average Bonchev–Trinajstić information content (AvgIpc) is 2.62. The minimum absolute atomic E-state index is 0.0548. The Hall–Kier alpha value is -1.53. The molecule has 0 atom stereocenters. The molecule has 82 valence electrons. The van der Waals surface area contributed by atoms with E-state index < -0.39 is 0 Å². The van der Waals surface area contributed by atoms with Crippen LogP contribution in [-0.2, 0) is 0 Å². The standard InChI is InChI=1S/C10H8N2O2S2/c13-8-4-5-9(14)12(8)16-10(15)7-3-1-2-6-11-7/h1-6,13-14H. The van der Waals surface area contributed by atoms with Crippen molar-refractivity contribution in [2.45, 2.75) is 0 Å². The predicted molar refractivity (Wildman–Crippen MR) is 66.7 cm³/mol. The summed E-state index contributed by atoms with van der Waals surface area (Å²) in [5.74, 6) is -0.110. The third-order valence-corrected chi connectivity index (χ3v) is 3.21. The lowest BCUT2D eigenvalue weighted by Crippen LogP contribution is -1.98. The van der Waals surface area contributed by atoms with Crippen molar-refractivity contribution < 1.29 is 10.2 Å². The Labute approximate surface area is 102 Å². The van der Waals surface area contributed by atoms with Crippen molar-refractivity contribution in [2.75, 3.05) is 0 Å². The number of aromatic hydroxyl groups is 2. The molecule has 2 N–H and O–H groups in total. The van der Waals surface area contributed by atoms with Crippen molar-refractivity contribution in [3.63, 3.8) is 0 Å². The Morgan fingerprint density at radius 3 is 2.44 bits per heavy atom. The van der Waals surface area contributed by atoms with Gasteiger partial charge >= 0.3 is 0 Å². The zero-order chi connectivity index (χ0) is 11.5. The Kier molecular flexibility index (Phi) is 3.12. The molecular weight excluding hydrogens is 244 g/mol. The average molecular weight is 252 g/mol. The van der Waals surface area contributed by atoms with E-state index in [0.29, 0.717) is 9.89 Å². The smallest absolute Gasteiger partial charge is 0.204 e. The van der Waals surface area contributed by atoms with Crippen LogP contribution in [0.1, 0.15) is 5.69 Å². The van der Waals surface area contributed by atoms with Crippen molar-refractivity contribution in [3.8, 4) is 11.8 Å². The first-order valence-corrected chi connectivity index (χ1v) is 5.60. The highest BCUT2D eigenvalue weighted by atomic mass is 32.2. The molecule has 0 aliphatic rings. The number of hydrogen-bond donors (Lipinski definition) is 2. The highest BCUT2D eigenvalue weighted by molar-refractivity contribution is 8.22. The highest BCUT2D eigenvalue weighted by Crippen LogP contribution is 2.29. The van der Waals surface area contributed by atoms with E-state index in [1.807, 2.05) is 6.07 Å². The second kappa shape index (κ2) is 4.54. The molecule has 4 nitrogen and oxygen atoms in total. The van der Waals surface area contributed by atoms with Crippen molar-refractivity contribution in [3.05, 3.63) is 42.2 Å². The summed E-state index contributed by atoms with van der Waals surface area (Å²) in [6.07, 6.45) is 1.64. The van der Waals surface area contributed by atoms with Gasteiger partial charge in [-0.25, -0.2) is 3.97 Å².